The third-order valence-corrected chi connectivity index (χ3v) is 6.10. The van der Waals surface area contributed by atoms with Crippen molar-refractivity contribution < 1.29 is 18.3 Å². The van der Waals surface area contributed by atoms with Crippen LogP contribution in [0.3, 0.4) is 0 Å². The van der Waals surface area contributed by atoms with E-state index in [1.54, 1.807) is 43.5 Å². The van der Waals surface area contributed by atoms with Crippen LogP contribution >= 0.6 is 0 Å². The second kappa shape index (κ2) is 8.50. The van der Waals surface area contributed by atoms with E-state index < -0.39 is 15.7 Å². The van der Waals surface area contributed by atoms with Gasteiger partial charge in [0.15, 0.2) is 0 Å². The number of benzene rings is 2. The van der Waals surface area contributed by atoms with Crippen molar-refractivity contribution in [2.45, 2.75) is 18.4 Å². The van der Waals surface area contributed by atoms with Crippen LogP contribution in [0.5, 0.6) is 5.75 Å². The number of nitrogens with zero attached hydrogens (tertiary/aromatic N) is 2. The highest BCUT2D eigenvalue weighted by Gasteiger charge is 2.22. The van der Waals surface area contributed by atoms with E-state index in [0.717, 1.165) is 15.1 Å². The molecule has 0 aliphatic carbocycles. The molecule has 0 atom stereocenters. The van der Waals surface area contributed by atoms with Crippen LogP contribution in [0.4, 0.5) is 0 Å². The summed E-state index contributed by atoms with van der Waals surface area (Å²) in [5, 5.41) is 9.09. The lowest BCUT2D eigenvalue weighted by Crippen LogP contribution is -2.29. The lowest BCUT2D eigenvalue weighted by Gasteiger charge is -2.07. The molecule has 0 saturated heterocycles. The van der Waals surface area contributed by atoms with Crippen LogP contribution < -0.4 is 10.4 Å². The summed E-state index contributed by atoms with van der Waals surface area (Å²) < 4.78 is 33.2. The minimum absolute atomic E-state index is 0.0319. The van der Waals surface area contributed by atoms with Gasteiger partial charge in [-0.15, -0.1) is 0 Å². The number of aliphatic hydroxyl groups excluding tert-OH is 1. The number of aliphatic hydroxyl groups is 1. The summed E-state index contributed by atoms with van der Waals surface area (Å²) >= 11 is 0. The molecule has 0 bridgehead atoms. The molecular weight excluding hydrogens is 392 g/mol. The van der Waals surface area contributed by atoms with Gasteiger partial charge in [-0.2, -0.15) is 3.97 Å². The Bertz CT molecular complexity index is 1170. The minimum Gasteiger partial charge on any atom is -0.497 e. The molecule has 0 fully saturated rings. The molecule has 0 aliphatic heterocycles. The van der Waals surface area contributed by atoms with Crippen LogP contribution in [-0.4, -0.2) is 35.8 Å². The number of hydrogen-bond donors (Lipinski definition) is 1. The molecule has 3 rings (SSSR count). The Morgan fingerprint density at radius 3 is 2.31 bits per heavy atom. The number of rotatable bonds is 7. The lowest BCUT2D eigenvalue weighted by atomic mass is 10.2. The highest BCUT2D eigenvalue weighted by molar-refractivity contribution is 7.90. The van der Waals surface area contributed by atoms with E-state index in [4.69, 9.17) is 9.84 Å². The molecule has 1 aromatic heterocycles. The second-order valence-electron chi connectivity index (χ2n) is 6.47. The van der Waals surface area contributed by atoms with Crippen molar-refractivity contribution in [1.29, 1.82) is 0 Å². The maximum atomic E-state index is 13.0. The monoisotopic (exact) mass is 414 g/mol. The van der Waals surface area contributed by atoms with Crippen molar-refractivity contribution in [3.8, 4) is 5.75 Å². The SMILES string of the molecule is COc1ccc(Cn2c(/C=C/CO)cn(S(=O)(=O)c3ccc(C)cc3)c2=O)cc1. The lowest BCUT2D eigenvalue weighted by molar-refractivity contribution is 0.343. The van der Waals surface area contributed by atoms with E-state index in [-0.39, 0.29) is 18.0 Å². The number of ether oxygens (including phenoxy) is 1. The predicted octanol–water partition coefficient (Wildman–Crippen LogP) is 2.26. The number of aryl methyl sites for hydroxylation is 1. The summed E-state index contributed by atoms with van der Waals surface area (Å²) in [5.41, 5.74) is 1.41. The molecule has 3 aromatic rings. The van der Waals surface area contributed by atoms with Gasteiger partial charge in [-0.25, -0.2) is 13.2 Å². The zero-order valence-corrected chi connectivity index (χ0v) is 17.0. The van der Waals surface area contributed by atoms with Gasteiger partial charge in [-0.05, 0) is 42.8 Å². The number of imidazole rings is 1. The van der Waals surface area contributed by atoms with Crippen molar-refractivity contribution in [3.63, 3.8) is 0 Å². The molecule has 1 N–H and O–H groups in total. The molecular formula is C21H22N2O5S. The van der Waals surface area contributed by atoms with Gasteiger partial charge in [0, 0.05) is 6.20 Å². The third kappa shape index (κ3) is 4.33. The van der Waals surface area contributed by atoms with E-state index in [1.165, 1.54) is 35.0 Å². The molecule has 7 nitrogen and oxygen atoms in total. The zero-order chi connectivity index (χ0) is 21.0. The Morgan fingerprint density at radius 2 is 1.72 bits per heavy atom. The summed E-state index contributed by atoms with van der Waals surface area (Å²) in [6.45, 7) is 1.79. The first-order valence-corrected chi connectivity index (χ1v) is 10.4. The topological polar surface area (TPSA) is 90.5 Å². The van der Waals surface area contributed by atoms with Crippen LogP contribution in [-0.2, 0) is 16.6 Å². The van der Waals surface area contributed by atoms with E-state index in [0.29, 0.717) is 11.4 Å². The predicted molar refractivity (Wildman–Crippen MR) is 111 cm³/mol. The molecule has 0 saturated carbocycles. The number of hydrogen-bond acceptors (Lipinski definition) is 5. The minimum atomic E-state index is -4.05. The first kappa shape index (κ1) is 20.6. The van der Waals surface area contributed by atoms with Gasteiger partial charge in [0.05, 0.1) is 30.9 Å². The largest absolute Gasteiger partial charge is 0.497 e. The van der Waals surface area contributed by atoms with Crippen molar-refractivity contribution in [1.82, 2.24) is 8.54 Å². The standard InChI is InChI=1S/C21H22N2O5S/c1-16-5-11-20(12-6-16)29(26,27)23-15-18(4-3-13-24)22(21(23)25)14-17-7-9-19(28-2)10-8-17/h3-12,15,24H,13-14H2,1-2H3/b4-3+. The molecule has 152 valence electrons. The number of aromatic nitrogens is 2. The van der Waals surface area contributed by atoms with E-state index in [1.807, 2.05) is 6.92 Å². The van der Waals surface area contributed by atoms with E-state index >= 15 is 0 Å². The summed E-state index contributed by atoms with van der Waals surface area (Å²) in [5.74, 6) is 0.681. The Labute approximate surface area is 169 Å². The van der Waals surface area contributed by atoms with Gasteiger partial charge in [0.25, 0.3) is 10.0 Å². The first-order valence-electron chi connectivity index (χ1n) is 8.91. The maximum absolute atomic E-state index is 13.0. The quantitative estimate of drug-likeness (QED) is 0.640. The van der Waals surface area contributed by atoms with Gasteiger partial charge in [0.2, 0.25) is 0 Å². The maximum Gasteiger partial charge on any atom is 0.343 e. The van der Waals surface area contributed by atoms with Crippen molar-refractivity contribution in [2.75, 3.05) is 13.7 Å². The first-order chi connectivity index (χ1) is 13.9. The van der Waals surface area contributed by atoms with Gasteiger partial charge in [-0.3, -0.25) is 4.57 Å². The molecule has 0 radical (unpaired) electrons. The molecule has 29 heavy (non-hydrogen) atoms. The van der Waals surface area contributed by atoms with E-state index in [9.17, 15) is 13.2 Å². The Morgan fingerprint density at radius 1 is 1.07 bits per heavy atom. The fourth-order valence-electron chi connectivity index (χ4n) is 2.85. The fraction of sp³-hybridized carbons (Fsp3) is 0.190. The van der Waals surface area contributed by atoms with Crippen LogP contribution in [0.2, 0.25) is 0 Å². The highest BCUT2D eigenvalue weighted by Crippen LogP contribution is 2.17. The van der Waals surface area contributed by atoms with Crippen LogP contribution in [0.25, 0.3) is 6.08 Å². The fourth-order valence-corrected chi connectivity index (χ4v) is 4.11. The molecule has 0 aliphatic rings. The van der Waals surface area contributed by atoms with Crippen molar-refractivity contribution in [2.24, 2.45) is 0 Å². The molecule has 0 amide bonds. The average molecular weight is 414 g/mol. The molecule has 1 heterocycles. The zero-order valence-electron chi connectivity index (χ0n) is 16.1. The molecule has 8 heteroatoms. The van der Waals surface area contributed by atoms with Crippen LogP contribution in [0.1, 0.15) is 16.8 Å². The Kier molecular flexibility index (Phi) is 6.05. The third-order valence-electron chi connectivity index (χ3n) is 4.45. The van der Waals surface area contributed by atoms with Gasteiger partial charge in [0.1, 0.15) is 5.75 Å². The highest BCUT2D eigenvalue weighted by atomic mass is 32.2. The van der Waals surface area contributed by atoms with Gasteiger partial charge >= 0.3 is 5.69 Å². The number of methoxy groups -OCH3 is 1. The summed E-state index contributed by atoms with van der Waals surface area (Å²) in [7, 11) is -2.49. The Balaban J connectivity index is 2.08. The van der Waals surface area contributed by atoms with Gasteiger partial charge < -0.3 is 9.84 Å². The van der Waals surface area contributed by atoms with Crippen LogP contribution in [0, 0.1) is 6.92 Å². The average Bonchev–Trinajstić information content (AvgIpc) is 3.03. The molecule has 0 unspecified atom stereocenters. The Hall–Kier alpha value is -3.10. The summed E-state index contributed by atoms with van der Waals surface area (Å²) in [6, 6.07) is 13.4. The second-order valence-corrected chi connectivity index (χ2v) is 8.28. The van der Waals surface area contributed by atoms with Gasteiger partial charge in [-0.1, -0.05) is 35.9 Å². The smallest absolute Gasteiger partial charge is 0.343 e. The summed E-state index contributed by atoms with van der Waals surface area (Å²) in [4.78, 5) is 13.0. The van der Waals surface area contributed by atoms with Crippen molar-refractivity contribution in [3.05, 3.63) is 88.1 Å². The normalized spacial score (nSPS) is 11.8. The molecule has 0 spiro atoms. The molecule has 2 aromatic carbocycles. The summed E-state index contributed by atoms with van der Waals surface area (Å²) in [6.07, 6.45) is 4.24. The van der Waals surface area contributed by atoms with Crippen LogP contribution in [0.15, 0.2) is 70.5 Å². The van der Waals surface area contributed by atoms with Crippen molar-refractivity contribution >= 4 is 16.1 Å². The van der Waals surface area contributed by atoms with E-state index in [2.05, 4.69) is 0 Å².